The Kier molecular flexibility index (Phi) is 13.5. The number of halogens is 1. The molecule has 0 amide bonds. The molecule has 0 aliphatic heterocycles. The molecular formula is C24H39ClO3S. The van der Waals surface area contributed by atoms with Crippen molar-refractivity contribution in [3.8, 4) is 0 Å². The van der Waals surface area contributed by atoms with E-state index in [9.17, 15) is 13.2 Å². The normalized spacial score (nSPS) is 13.9. The fourth-order valence-electron chi connectivity index (χ4n) is 3.80. The van der Waals surface area contributed by atoms with Gasteiger partial charge in [-0.15, -0.1) is 11.6 Å². The van der Waals surface area contributed by atoms with E-state index in [1.807, 2.05) is 30.3 Å². The highest BCUT2D eigenvalue weighted by molar-refractivity contribution is 7.91. The standard InChI is InChI=1S/C24H39ClO3S/c1-3-4-5-6-7-8-9-10-11-13-18-22(19-23(26)20-29(2,27)28)24(25)21-16-14-12-15-17-21/h12,14-17,22,24H,3-11,13,18-20H2,1-2H3. The molecule has 0 radical (unpaired) electrons. The summed E-state index contributed by atoms with van der Waals surface area (Å²) in [5, 5.41) is -0.265. The highest BCUT2D eigenvalue weighted by Crippen LogP contribution is 2.35. The van der Waals surface area contributed by atoms with Crippen LogP contribution in [0.5, 0.6) is 0 Å². The van der Waals surface area contributed by atoms with Gasteiger partial charge in [0.05, 0.1) is 5.38 Å². The maximum atomic E-state index is 12.2. The molecule has 3 nitrogen and oxygen atoms in total. The molecule has 0 heterocycles. The van der Waals surface area contributed by atoms with E-state index >= 15 is 0 Å². The van der Waals surface area contributed by atoms with Crippen LogP contribution in [0.4, 0.5) is 0 Å². The van der Waals surface area contributed by atoms with E-state index in [0.29, 0.717) is 0 Å². The second-order valence-electron chi connectivity index (χ2n) is 8.36. The van der Waals surface area contributed by atoms with Crippen molar-refractivity contribution in [2.45, 2.75) is 89.4 Å². The molecule has 0 saturated heterocycles. The summed E-state index contributed by atoms with van der Waals surface area (Å²) in [5.41, 5.74) is 0.999. The maximum Gasteiger partial charge on any atom is 0.154 e. The lowest BCUT2D eigenvalue weighted by molar-refractivity contribution is -0.117. The van der Waals surface area contributed by atoms with Crippen LogP contribution in [0.3, 0.4) is 0 Å². The minimum absolute atomic E-state index is 0.0256. The van der Waals surface area contributed by atoms with Gasteiger partial charge < -0.3 is 0 Å². The third-order valence-electron chi connectivity index (χ3n) is 5.37. The van der Waals surface area contributed by atoms with Gasteiger partial charge in [-0.25, -0.2) is 8.42 Å². The van der Waals surface area contributed by atoms with Crippen LogP contribution in [0.1, 0.15) is 94.9 Å². The van der Waals surface area contributed by atoms with Gasteiger partial charge in [0.1, 0.15) is 11.5 Å². The summed E-state index contributed by atoms with van der Waals surface area (Å²) in [6.45, 7) is 2.24. The minimum Gasteiger partial charge on any atom is -0.299 e. The first-order valence-corrected chi connectivity index (χ1v) is 13.7. The smallest absolute Gasteiger partial charge is 0.154 e. The number of benzene rings is 1. The lowest BCUT2D eigenvalue weighted by Crippen LogP contribution is -2.20. The predicted molar refractivity (Wildman–Crippen MR) is 124 cm³/mol. The van der Waals surface area contributed by atoms with Crippen LogP contribution >= 0.6 is 11.6 Å². The molecule has 0 bridgehead atoms. The molecule has 0 aliphatic carbocycles. The molecular weight excluding hydrogens is 404 g/mol. The quantitative estimate of drug-likeness (QED) is 0.195. The first kappa shape index (κ1) is 26.2. The minimum atomic E-state index is -3.30. The van der Waals surface area contributed by atoms with Crippen LogP contribution in [-0.4, -0.2) is 26.2 Å². The summed E-state index contributed by atoms with van der Waals surface area (Å²) >= 11 is 6.71. The van der Waals surface area contributed by atoms with Gasteiger partial charge >= 0.3 is 0 Å². The second kappa shape index (κ2) is 15.0. The summed E-state index contributed by atoms with van der Waals surface area (Å²) < 4.78 is 22.9. The number of Topliss-reactive ketones (excluding diaryl/α,β-unsaturated/α-hetero) is 1. The van der Waals surface area contributed by atoms with Gasteiger partial charge in [-0.05, 0) is 17.9 Å². The summed E-state index contributed by atoms with van der Waals surface area (Å²) in [6.07, 6.45) is 14.8. The Balaban J connectivity index is 2.43. The second-order valence-corrected chi connectivity index (χ2v) is 11.0. The van der Waals surface area contributed by atoms with E-state index in [4.69, 9.17) is 11.6 Å². The van der Waals surface area contributed by atoms with E-state index in [-0.39, 0.29) is 29.3 Å². The Morgan fingerprint density at radius 1 is 0.897 bits per heavy atom. The molecule has 0 N–H and O–H groups in total. The highest BCUT2D eigenvalue weighted by Gasteiger charge is 2.24. The van der Waals surface area contributed by atoms with Gasteiger partial charge in [0.25, 0.3) is 0 Å². The number of carbonyl (C=O) groups is 1. The molecule has 2 atom stereocenters. The molecule has 0 aromatic heterocycles. The Hall–Kier alpha value is -0.870. The Labute approximate surface area is 183 Å². The third-order valence-corrected chi connectivity index (χ3v) is 6.83. The van der Waals surface area contributed by atoms with Gasteiger partial charge in [-0.1, -0.05) is 101 Å². The van der Waals surface area contributed by atoms with E-state index in [2.05, 4.69) is 6.92 Å². The van der Waals surface area contributed by atoms with Crippen molar-refractivity contribution < 1.29 is 13.2 Å². The number of rotatable bonds is 17. The number of sulfone groups is 1. The Morgan fingerprint density at radius 2 is 1.41 bits per heavy atom. The van der Waals surface area contributed by atoms with Crippen molar-refractivity contribution >= 4 is 27.2 Å². The van der Waals surface area contributed by atoms with Crippen molar-refractivity contribution in [2.75, 3.05) is 12.0 Å². The van der Waals surface area contributed by atoms with Gasteiger partial charge in [0.15, 0.2) is 9.84 Å². The molecule has 1 aromatic carbocycles. The topological polar surface area (TPSA) is 51.2 Å². The molecule has 29 heavy (non-hydrogen) atoms. The van der Waals surface area contributed by atoms with Gasteiger partial charge in [-0.2, -0.15) is 0 Å². The molecule has 0 saturated carbocycles. The molecule has 2 unspecified atom stereocenters. The fraction of sp³-hybridized carbons (Fsp3) is 0.708. The van der Waals surface area contributed by atoms with Crippen molar-refractivity contribution in [2.24, 2.45) is 5.92 Å². The summed E-state index contributed by atoms with van der Waals surface area (Å²) in [7, 11) is -3.30. The summed E-state index contributed by atoms with van der Waals surface area (Å²) in [6, 6.07) is 9.79. The van der Waals surface area contributed by atoms with E-state index in [1.54, 1.807) is 0 Å². The zero-order valence-corrected chi connectivity index (χ0v) is 19.8. The van der Waals surface area contributed by atoms with Crippen LogP contribution in [-0.2, 0) is 14.6 Å². The number of carbonyl (C=O) groups excluding carboxylic acids is 1. The SMILES string of the molecule is CCCCCCCCCCCCC(CC(=O)CS(C)(=O)=O)C(Cl)c1ccccc1. The number of unbranched alkanes of at least 4 members (excludes halogenated alkanes) is 9. The molecule has 1 aromatic rings. The van der Waals surface area contributed by atoms with E-state index in [1.165, 1.54) is 51.4 Å². The number of hydrogen-bond acceptors (Lipinski definition) is 3. The average Bonchev–Trinajstić information content (AvgIpc) is 2.67. The zero-order chi connectivity index (χ0) is 21.5. The van der Waals surface area contributed by atoms with Crippen molar-refractivity contribution in [1.29, 1.82) is 0 Å². The Morgan fingerprint density at radius 3 is 1.93 bits per heavy atom. The molecule has 0 spiro atoms. The van der Waals surface area contributed by atoms with Crippen molar-refractivity contribution in [3.63, 3.8) is 0 Å². The Bertz CT molecular complexity index is 658. The van der Waals surface area contributed by atoms with Crippen molar-refractivity contribution in [1.82, 2.24) is 0 Å². The summed E-state index contributed by atoms with van der Waals surface area (Å²) in [5.74, 6) is -0.645. The molecule has 166 valence electrons. The first-order valence-electron chi connectivity index (χ1n) is 11.2. The highest BCUT2D eigenvalue weighted by atomic mass is 35.5. The average molecular weight is 443 g/mol. The molecule has 0 fully saturated rings. The third kappa shape index (κ3) is 13.1. The number of alkyl halides is 1. The predicted octanol–water partition coefficient (Wildman–Crippen LogP) is 6.90. The van der Waals surface area contributed by atoms with Crippen LogP contribution in [0.25, 0.3) is 0 Å². The first-order chi connectivity index (χ1) is 13.8. The zero-order valence-electron chi connectivity index (χ0n) is 18.2. The molecule has 5 heteroatoms. The lowest BCUT2D eigenvalue weighted by atomic mass is 9.89. The molecule has 0 aliphatic rings. The maximum absolute atomic E-state index is 12.2. The number of ketones is 1. The van der Waals surface area contributed by atoms with Crippen LogP contribution in [0.15, 0.2) is 30.3 Å². The number of hydrogen-bond donors (Lipinski definition) is 0. The van der Waals surface area contributed by atoms with Crippen molar-refractivity contribution in [3.05, 3.63) is 35.9 Å². The van der Waals surface area contributed by atoms with Crippen LogP contribution in [0.2, 0.25) is 0 Å². The van der Waals surface area contributed by atoms with E-state index < -0.39 is 9.84 Å². The molecule has 1 rings (SSSR count). The van der Waals surface area contributed by atoms with Gasteiger partial charge in [-0.3, -0.25) is 4.79 Å². The monoisotopic (exact) mass is 442 g/mol. The van der Waals surface area contributed by atoms with Gasteiger partial charge in [0.2, 0.25) is 0 Å². The fourth-order valence-corrected chi connectivity index (χ4v) is 4.86. The summed E-state index contributed by atoms with van der Waals surface area (Å²) in [4.78, 5) is 12.2. The lowest BCUT2D eigenvalue weighted by Gasteiger charge is -2.22. The van der Waals surface area contributed by atoms with Crippen LogP contribution in [0, 0.1) is 5.92 Å². The van der Waals surface area contributed by atoms with Gasteiger partial charge in [0, 0.05) is 12.7 Å². The van der Waals surface area contributed by atoms with Crippen LogP contribution < -0.4 is 0 Å². The largest absolute Gasteiger partial charge is 0.299 e. The van der Waals surface area contributed by atoms with E-state index in [0.717, 1.165) is 31.1 Å².